The van der Waals surface area contributed by atoms with Crippen molar-refractivity contribution in [3.05, 3.63) is 65.9 Å². The molecular weight excluding hydrogens is 258 g/mol. The lowest BCUT2D eigenvalue weighted by atomic mass is 10.1. The monoisotopic (exact) mass is 275 g/mol. The second kappa shape index (κ2) is 4.86. The van der Waals surface area contributed by atoms with Crippen molar-refractivity contribution >= 4 is 22.3 Å². The Labute approximate surface area is 124 Å². The van der Waals surface area contributed by atoms with Gasteiger partial charge in [-0.15, -0.1) is 0 Å². The molecule has 0 unspecified atom stereocenters. The van der Waals surface area contributed by atoms with Gasteiger partial charge >= 0.3 is 0 Å². The lowest BCUT2D eigenvalue weighted by Crippen LogP contribution is -2.17. The third kappa shape index (κ3) is 1.89. The Hall–Kier alpha value is -2.39. The molecular formula is C18H17N3. The summed E-state index contributed by atoms with van der Waals surface area (Å²) in [5.41, 5.74) is 12.0. The van der Waals surface area contributed by atoms with E-state index in [2.05, 4.69) is 52.3 Å². The molecule has 104 valence electrons. The standard InChI is InChI=1S/C18H17N3/c19-11-14-12-20-16-7-3-2-6-15(16)18(14)21-10-9-13-5-1-4-8-17(13)21/h1-8,12H,9-11,19H2. The fourth-order valence-corrected chi connectivity index (χ4v) is 3.21. The largest absolute Gasteiger partial charge is 0.340 e. The summed E-state index contributed by atoms with van der Waals surface area (Å²) < 4.78 is 0. The second-order valence-corrected chi connectivity index (χ2v) is 5.38. The maximum absolute atomic E-state index is 5.96. The number of pyridine rings is 1. The first-order valence-electron chi connectivity index (χ1n) is 7.30. The van der Waals surface area contributed by atoms with Gasteiger partial charge in [0.05, 0.1) is 11.2 Å². The van der Waals surface area contributed by atoms with Crippen molar-refractivity contribution in [3.8, 4) is 0 Å². The Kier molecular flexibility index (Phi) is 2.86. The predicted octanol–water partition coefficient (Wildman–Crippen LogP) is 3.39. The quantitative estimate of drug-likeness (QED) is 0.779. The van der Waals surface area contributed by atoms with E-state index in [0.29, 0.717) is 6.54 Å². The zero-order valence-corrected chi connectivity index (χ0v) is 11.8. The minimum Gasteiger partial charge on any atom is -0.340 e. The fraction of sp³-hybridized carbons (Fsp3) is 0.167. The topological polar surface area (TPSA) is 42.1 Å². The van der Waals surface area contributed by atoms with E-state index >= 15 is 0 Å². The molecule has 2 heterocycles. The smallest absolute Gasteiger partial charge is 0.0723 e. The molecule has 2 N–H and O–H groups in total. The number of hydrogen-bond acceptors (Lipinski definition) is 3. The number of benzene rings is 2. The van der Waals surface area contributed by atoms with Crippen LogP contribution in [-0.2, 0) is 13.0 Å². The van der Waals surface area contributed by atoms with Gasteiger partial charge < -0.3 is 10.6 Å². The molecule has 1 aromatic heterocycles. The zero-order valence-electron chi connectivity index (χ0n) is 11.8. The van der Waals surface area contributed by atoms with E-state index in [0.717, 1.165) is 24.0 Å². The van der Waals surface area contributed by atoms with Crippen LogP contribution in [0.4, 0.5) is 11.4 Å². The summed E-state index contributed by atoms with van der Waals surface area (Å²) in [5, 5.41) is 1.18. The van der Waals surface area contributed by atoms with Crippen LogP contribution in [-0.4, -0.2) is 11.5 Å². The minimum absolute atomic E-state index is 0.506. The summed E-state index contributed by atoms with van der Waals surface area (Å²) in [6.45, 7) is 1.51. The molecule has 0 fully saturated rings. The number of rotatable bonds is 2. The van der Waals surface area contributed by atoms with Crippen molar-refractivity contribution in [2.45, 2.75) is 13.0 Å². The Morgan fingerprint density at radius 3 is 2.76 bits per heavy atom. The van der Waals surface area contributed by atoms with Gasteiger partial charge in [0, 0.05) is 35.9 Å². The van der Waals surface area contributed by atoms with Gasteiger partial charge in [0.25, 0.3) is 0 Å². The van der Waals surface area contributed by atoms with Crippen LogP contribution in [0.3, 0.4) is 0 Å². The van der Waals surface area contributed by atoms with Gasteiger partial charge in [-0.1, -0.05) is 36.4 Å². The maximum Gasteiger partial charge on any atom is 0.0723 e. The third-order valence-electron chi connectivity index (χ3n) is 4.20. The molecule has 0 atom stereocenters. The van der Waals surface area contributed by atoms with E-state index in [-0.39, 0.29) is 0 Å². The molecule has 2 aromatic carbocycles. The molecule has 3 aromatic rings. The van der Waals surface area contributed by atoms with Gasteiger partial charge in [0.1, 0.15) is 0 Å². The average Bonchev–Trinajstić information content (AvgIpc) is 2.97. The summed E-state index contributed by atoms with van der Waals surface area (Å²) in [5.74, 6) is 0. The molecule has 4 rings (SSSR count). The number of para-hydroxylation sites is 2. The first kappa shape index (κ1) is 12.4. The molecule has 1 aliphatic rings. The van der Waals surface area contributed by atoms with E-state index in [4.69, 9.17) is 5.73 Å². The maximum atomic E-state index is 5.96. The molecule has 0 aliphatic carbocycles. The molecule has 3 heteroatoms. The van der Waals surface area contributed by atoms with E-state index in [9.17, 15) is 0 Å². The average molecular weight is 275 g/mol. The SMILES string of the molecule is NCc1cnc2ccccc2c1N1CCc2ccccc21. The number of nitrogens with zero attached hydrogens (tertiary/aromatic N) is 2. The number of hydrogen-bond donors (Lipinski definition) is 1. The van der Waals surface area contributed by atoms with Crippen LogP contribution < -0.4 is 10.6 Å². The van der Waals surface area contributed by atoms with Crippen LogP contribution >= 0.6 is 0 Å². The minimum atomic E-state index is 0.506. The third-order valence-corrected chi connectivity index (χ3v) is 4.20. The molecule has 0 amide bonds. The molecule has 0 radical (unpaired) electrons. The summed E-state index contributed by atoms with van der Waals surface area (Å²) in [6.07, 6.45) is 3.00. The van der Waals surface area contributed by atoms with E-state index < -0.39 is 0 Å². The molecule has 1 aliphatic heterocycles. The van der Waals surface area contributed by atoms with Crippen LogP contribution in [0.25, 0.3) is 10.9 Å². The lowest BCUT2D eigenvalue weighted by molar-refractivity contribution is 0.972. The highest BCUT2D eigenvalue weighted by atomic mass is 15.2. The van der Waals surface area contributed by atoms with E-state index in [1.807, 2.05) is 12.3 Å². The Balaban J connectivity index is 1.98. The molecule has 21 heavy (non-hydrogen) atoms. The highest BCUT2D eigenvalue weighted by Crippen LogP contribution is 2.39. The van der Waals surface area contributed by atoms with Crippen molar-refractivity contribution in [1.82, 2.24) is 4.98 Å². The number of nitrogens with two attached hydrogens (primary N) is 1. The fourth-order valence-electron chi connectivity index (χ4n) is 3.21. The van der Waals surface area contributed by atoms with Gasteiger partial charge in [0.2, 0.25) is 0 Å². The number of anilines is 2. The predicted molar refractivity (Wildman–Crippen MR) is 86.8 cm³/mol. The van der Waals surface area contributed by atoms with Crippen molar-refractivity contribution in [1.29, 1.82) is 0 Å². The Morgan fingerprint density at radius 2 is 1.86 bits per heavy atom. The summed E-state index contributed by atoms with van der Waals surface area (Å²) >= 11 is 0. The molecule has 0 spiro atoms. The van der Waals surface area contributed by atoms with E-state index in [1.54, 1.807) is 0 Å². The lowest BCUT2D eigenvalue weighted by Gasteiger charge is -2.24. The summed E-state index contributed by atoms with van der Waals surface area (Å²) in [4.78, 5) is 6.92. The van der Waals surface area contributed by atoms with E-state index in [1.165, 1.54) is 22.3 Å². The second-order valence-electron chi connectivity index (χ2n) is 5.38. The van der Waals surface area contributed by atoms with Crippen LogP contribution in [0.15, 0.2) is 54.7 Å². The number of aromatic nitrogens is 1. The highest BCUT2D eigenvalue weighted by molar-refractivity contribution is 5.96. The Bertz CT molecular complexity index is 810. The van der Waals surface area contributed by atoms with Crippen molar-refractivity contribution in [2.24, 2.45) is 5.73 Å². The van der Waals surface area contributed by atoms with Crippen molar-refractivity contribution < 1.29 is 0 Å². The summed E-state index contributed by atoms with van der Waals surface area (Å²) in [6, 6.07) is 16.9. The molecule has 0 saturated carbocycles. The van der Waals surface area contributed by atoms with Crippen LogP contribution in [0.1, 0.15) is 11.1 Å². The normalized spacial score (nSPS) is 13.7. The van der Waals surface area contributed by atoms with Gasteiger partial charge in [-0.25, -0.2) is 0 Å². The van der Waals surface area contributed by atoms with Gasteiger partial charge in [0.15, 0.2) is 0 Å². The van der Waals surface area contributed by atoms with Crippen LogP contribution in [0, 0.1) is 0 Å². The zero-order chi connectivity index (χ0) is 14.2. The van der Waals surface area contributed by atoms with Crippen LogP contribution in [0.2, 0.25) is 0 Å². The highest BCUT2D eigenvalue weighted by Gasteiger charge is 2.23. The number of fused-ring (bicyclic) bond motifs is 2. The van der Waals surface area contributed by atoms with Crippen molar-refractivity contribution in [3.63, 3.8) is 0 Å². The van der Waals surface area contributed by atoms with Gasteiger partial charge in [-0.3, -0.25) is 4.98 Å². The molecule has 3 nitrogen and oxygen atoms in total. The first-order valence-corrected chi connectivity index (χ1v) is 7.30. The molecule has 0 saturated heterocycles. The van der Waals surface area contributed by atoms with Gasteiger partial charge in [-0.05, 0) is 24.1 Å². The van der Waals surface area contributed by atoms with Crippen molar-refractivity contribution in [2.75, 3.05) is 11.4 Å². The molecule has 0 bridgehead atoms. The first-order chi connectivity index (χ1) is 10.4. The van der Waals surface area contributed by atoms with Gasteiger partial charge in [-0.2, -0.15) is 0 Å². The summed E-state index contributed by atoms with van der Waals surface area (Å²) in [7, 11) is 0. The van der Waals surface area contributed by atoms with Crippen LogP contribution in [0.5, 0.6) is 0 Å². The Morgan fingerprint density at radius 1 is 1.05 bits per heavy atom.